The number of rotatable bonds is 6. The largest absolute Gasteiger partial charge is 0.467 e. The lowest BCUT2D eigenvalue weighted by Gasteiger charge is -2.17. The summed E-state index contributed by atoms with van der Waals surface area (Å²) >= 11 is 0. The lowest BCUT2D eigenvalue weighted by atomic mass is 10.0. The van der Waals surface area contributed by atoms with E-state index in [1.54, 1.807) is 18.4 Å². The standard InChI is InChI=1S/C18H17N3O4/c22-16(20-21-18(23)15-9-5-11-25-15)12-19-17(14-8-4-10-24-14)13-6-2-1-3-7-13/h1-11,17,19H,12H2,(H,20,22)(H,21,23)/t17-/m1/s1. The molecule has 0 aliphatic carbocycles. The number of carbonyl (C=O) groups excluding carboxylic acids is 2. The third-order valence-electron chi connectivity index (χ3n) is 3.49. The fourth-order valence-corrected chi connectivity index (χ4v) is 2.32. The molecule has 25 heavy (non-hydrogen) atoms. The molecule has 3 rings (SSSR count). The van der Waals surface area contributed by atoms with E-state index in [2.05, 4.69) is 16.2 Å². The van der Waals surface area contributed by atoms with Gasteiger partial charge in [-0.15, -0.1) is 0 Å². The Morgan fingerprint density at radius 1 is 0.880 bits per heavy atom. The van der Waals surface area contributed by atoms with Crippen LogP contribution in [0.5, 0.6) is 0 Å². The summed E-state index contributed by atoms with van der Waals surface area (Å²) in [5.41, 5.74) is 5.58. The molecule has 1 atom stereocenters. The molecule has 7 nitrogen and oxygen atoms in total. The van der Waals surface area contributed by atoms with E-state index in [9.17, 15) is 9.59 Å². The van der Waals surface area contributed by atoms with Gasteiger partial charge in [-0.2, -0.15) is 0 Å². The van der Waals surface area contributed by atoms with Crippen molar-refractivity contribution in [3.63, 3.8) is 0 Å². The number of amides is 2. The predicted octanol–water partition coefficient (Wildman–Crippen LogP) is 2.01. The first-order valence-corrected chi connectivity index (χ1v) is 7.68. The van der Waals surface area contributed by atoms with Crippen LogP contribution in [0.1, 0.15) is 27.9 Å². The summed E-state index contributed by atoms with van der Waals surface area (Å²) in [5, 5.41) is 3.12. The summed E-state index contributed by atoms with van der Waals surface area (Å²) in [6.07, 6.45) is 2.96. The average Bonchev–Trinajstić information content (AvgIpc) is 3.34. The van der Waals surface area contributed by atoms with Crippen LogP contribution < -0.4 is 16.2 Å². The summed E-state index contributed by atoms with van der Waals surface area (Å²) < 4.78 is 10.4. The molecule has 1 aromatic carbocycles. The SMILES string of the molecule is O=C(CN[C@H](c1ccccc1)c1ccco1)NNC(=O)c1ccco1. The third kappa shape index (κ3) is 4.36. The maximum absolute atomic E-state index is 12.0. The Hall–Kier alpha value is -3.32. The topological polar surface area (TPSA) is 96.5 Å². The Morgan fingerprint density at radius 3 is 2.32 bits per heavy atom. The van der Waals surface area contributed by atoms with Gasteiger partial charge in [0.05, 0.1) is 25.1 Å². The number of nitrogens with one attached hydrogen (secondary N) is 3. The molecule has 0 fully saturated rings. The molecule has 0 spiro atoms. The third-order valence-corrected chi connectivity index (χ3v) is 3.49. The lowest BCUT2D eigenvalue weighted by molar-refractivity contribution is -0.121. The Kier molecular flexibility index (Phi) is 5.28. The van der Waals surface area contributed by atoms with Crippen LogP contribution in [0, 0.1) is 0 Å². The van der Waals surface area contributed by atoms with Crippen molar-refractivity contribution in [1.82, 2.24) is 16.2 Å². The van der Waals surface area contributed by atoms with Crippen molar-refractivity contribution in [1.29, 1.82) is 0 Å². The van der Waals surface area contributed by atoms with E-state index >= 15 is 0 Å². The van der Waals surface area contributed by atoms with Crippen LogP contribution in [0.2, 0.25) is 0 Å². The summed E-state index contributed by atoms with van der Waals surface area (Å²) in [4.78, 5) is 23.7. The van der Waals surface area contributed by atoms with Crippen LogP contribution in [-0.4, -0.2) is 18.4 Å². The molecule has 0 aliphatic rings. The Morgan fingerprint density at radius 2 is 1.64 bits per heavy atom. The summed E-state index contributed by atoms with van der Waals surface area (Å²) in [6.45, 7) is -0.0152. The zero-order valence-electron chi connectivity index (χ0n) is 13.3. The second-order valence-electron chi connectivity index (χ2n) is 5.22. The first-order valence-electron chi connectivity index (χ1n) is 7.68. The van der Waals surface area contributed by atoms with Crippen LogP contribution in [0.3, 0.4) is 0 Å². The predicted molar refractivity (Wildman–Crippen MR) is 89.3 cm³/mol. The fraction of sp³-hybridized carbons (Fsp3) is 0.111. The maximum Gasteiger partial charge on any atom is 0.305 e. The zero-order chi connectivity index (χ0) is 17.5. The normalized spacial score (nSPS) is 11.7. The van der Waals surface area contributed by atoms with Crippen LogP contribution >= 0.6 is 0 Å². The van der Waals surface area contributed by atoms with Gasteiger partial charge in [0.15, 0.2) is 5.76 Å². The highest BCUT2D eigenvalue weighted by Gasteiger charge is 2.17. The van der Waals surface area contributed by atoms with Gasteiger partial charge in [-0.25, -0.2) is 0 Å². The number of benzene rings is 1. The minimum absolute atomic E-state index is 0.0152. The second kappa shape index (κ2) is 7.98. The molecular weight excluding hydrogens is 322 g/mol. The Bertz CT molecular complexity index is 798. The van der Waals surface area contributed by atoms with E-state index < -0.39 is 11.8 Å². The molecule has 0 saturated carbocycles. The molecule has 0 unspecified atom stereocenters. The summed E-state index contributed by atoms with van der Waals surface area (Å²) in [5.74, 6) is -0.110. The van der Waals surface area contributed by atoms with Gasteiger partial charge in [0.2, 0.25) is 0 Å². The van der Waals surface area contributed by atoms with Crippen LogP contribution in [0.4, 0.5) is 0 Å². The summed E-state index contributed by atoms with van der Waals surface area (Å²) in [7, 11) is 0. The number of hydrogen-bond acceptors (Lipinski definition) is 5. The molecule has 3 N–H and O–H groups in total. The van der Waals surface area contributed by atoms with Crippen molar-refractivity contribution in [2.45, 2.75) is 6.04 Å². The zero-order valence-corrected chi connectivity index (χ0v) is 13.3. The molecule has 0 aliphatic heterocycles. The first-order chi connectivity index (χ1) is 12.2. The average molecular weight is 339 g/mol. The smallest absolute Gasteiger partial charge is 0.305 e. The molecule has 2 aromatic heterocycles. The van der Waals surface area contributed by atoms with Gasteiger partial charge in [-0.05, 0) is 29.8 Å². The van der Waals surface area contributed by atoms with Crippen LogP contribution in [0.15, 0.2) is 76.0 Å². The molecule has 128 valence electrons. The highest BCUT2D eigenvalue weighted by atomic mass is 16.3. The molecule has 0 bridgehead atoms. The highest BCUT2D eigenvalue weighted by Crippen LogP contribution is 2.21. The number of furan rings is 2. The first kappa shape index (κ1) is 16.5. The number of hydrazine groups is 1. The van der Waals surface area contributed by atoms with E-state index in [0.717, 1.165) is 5.56 Å². The molecule has 7 heteroatoms. The lowest BCUT2D eigenvalue weighted by Crippen LogP contribution is -2.45. The Labute approximate surface area is 144 Å². The molecular formula is C18H17N3O4. The van der Waals surface area contributed by atoms with E-state index in [1.165, 1.54) is 12.3 Å². The van der Waals surface area contributed by atoms with Crippen molar-refractivity contribution in [2.24, 2.45) is 0 Å². The van der Waals surface area contributed by atoms with Crippen molar-refractivity contribution < 1.29 is 18.4 Å². The molecule has 0 radical (unpaired) electrons. The van der Waals surface area contributed by atoms with E-state index in [4.69, 9.17) is 8.83 Å². The second-order valence-corrected chi connectivity index (χ2v) is 5.22. The maximum atomic E-state index is 12.0. The van der Waals surface area contributed by atoms with E-state index in [0.29, 0.717) is 5.76 Å². The molecule has 2 heterocycles. The quantitative estimate of drug-likeness (QED) is 0.597. The van der Waals surface area contributed by atoms with Gasteiger partial charge in [0.1, 0.15) is 5.76 Å². The van der Waals surface area contributed by atoms with Gasteiger partial charge < -0.3 is 8.83 Å². The van der Waals surface area contributed by atoms with Crippen molar-refractivity contribution in [3.8, 4) is 0 Å². The minimum Gasteiger partial charge on any atom is -0.467 e. The van der Waals surface area contributed by atoms with Crippen molar-refractivity contribution >= 4 is 11.8 Å². The molecule has 2 amide bonds. The molecule has 0 saturated heterocycles. The van der Waals surface area contributed by atoms with Gasteiger partial charge in [0, 0.05) is 0 Å². The fourth-order valence-electron chi connectivity index (χ4n) is 2.32. The van der Waals surface area contributed by atoms with E-state index in [1.807, 2.05) is 36.4 Å². The Balaban J connectivity index is 1.56. The molecule has 3 aromatic rings. The van der Waals surface area contributed by atoms with Gasteiger partial charge in [-0.3, -0.25) is 25.8 Å². The summed E-state index contributed by atoms with van der Waals surface area (Å²) in [6, 6.07) is 16.1. The van der Waals surface area contributed by atoms with Gasteiger partial charge >= 0.3 is 5.91 Å². The highest BCUT2D eigenvalue weighted by molar-refractivity contribution is 5.93. The minimum atomic E-state index is -0.524. The number of hydrogen-bond donors (Lipinski definition) is 3. The van der Waals surface area contributed by atoms with Crippen LogP contribution in [-0.2, 0) is 4.79 Å². The van der Waals surface area contributed by atoms with E-state index in [-0.39, 0.29) is 18.3 Å². The van der Waals surface area contributed by atoms with Crippen molar-refractivity contribution in [3.05, 3.63) is 84.2 Å². The van der Waals surface area contributed by atoms with Gasteiger partial charge in [-0.1, -0.05) is 30.3 Å². The van der Waals surface area contributed by atoms with Crippen LogP contribution in [0.25, 0.3) is 0 Å². The van der Waals surface area contributed by atoms with Gasteiger partial charge in [0.25, 0.3) is 5.91 Å². The monoisotopic (exact) mass is 339 g/mol. The number of carbonyl (C=O) groups is 2. The van der Waals surface area contributed by atoms with Crippen molar-refractivity contribution in [2.75, 3.05) is 6.54 Å².